The lowest BCUT2D eigenvalue weighted by atomic mass is 9.80. The lowest BCUT2D eigenvalue weighted by Crippen LogP contribution is -2.41. The molecule has 0 bridgehead atoms. The Morgan fingerprint density at radius 3 is 2.57 bits per heavy atom. The number of alkyl halides is 2. The molecule has 1 saturated heterocycles. The van der Waals surface area contributed by atoms with E-state index in [0.29, 0.717) is 5.59 Å². The fraction of sp³-hybridized carbons (Fsp3) is 0.467. The van der Waals surface area contributed by atoms with Crippen LogP contribution in [0.3, 0.4) is 0 Å². The lowest BCUT2D eigenvalue weighted by Gasteiger charge is -2.30. The van der Waals surface area contributed by atoms with E-state index in [1.165, 1.54) is 6.07 Å². The zero-order chi connectivity index (χ0) is 16.1. The number of halogens is 2. The van der Waals surface area contributed by atoms with Crippen molar-refractivity contribution in [3.63, 3.8) is 0 Å². The number of fused-ring (bicyclic) bond motifs is 1. The second kappa shape index (κ2) is 5.47. The Hall–Kier alpha value is -1.64. The van der Waals surface area contributed by atoms with Crippen molar-refractivity contribution in [2.75, 3.05) is 6.54 Å². The van der Waals surface area contributed by atoms with Crippen LogP contribution in [0.5, 0.6) is 5.75 Å². The van der Waals surface area contributed by atoms with Gasteiger partial charge < -0.3 is 24.7 Å². The van der Waals surface area contributed by atoms with Crippen LogP contribution in [-0.2, 0) is 0 Å². The van der Waals surface area contributed by atoms with Crippen LogP contribution in [0.25, 0.3) is 10.9 Å². The summed E-state index contributed by atoms with van der Waals surface area (Å²) in [6.45, 7) is -2.11. The van der Waals surface area contributed by atoms with Crippen molar-refractivity contribution in [2.24, 2.45) is 0 Å². The Bertz CT molecular complexity index is 742. The number of hydrogen-bond donors (Lipinski definition) is 3. The van der Waals surface area contributed by atoms with Crippen molar-refractivity contribution in [1.82, 2.24) is 9.88 Å². The highest BCUT2D eigenvalue weighted by Crippen LogP contribution is 2.39. The van der Waals surface area contributed by atoms with Gasteiger partial charge in [-0.2, -0.15) is 8.78 Å². The van der Waals surface area contributed by atoms with E-state index >= 15 is 0 Å². The molecule has 1 unspecified atom stereocenters. The lowest BCUT2D eigenvalue weighted by molar-refractivity contribution is -0.0497. The highest BCUT2D eigenvalue weighted by molar-refractivity contribution is 6.59. The molecule has 2 fully saturated rings. The van der Waals surface area contributed by atoms with E-state index in [1.54, 1.807) is 12.1 Å². The molecule has 3 N–H and O–H groups in total. The quantitative estimate of drug-likeness (QED) is 0.573. The van der Waals surface area contributed by atoms with Crippen molar-refractivity contribution < 1.29 is 23.6 Å². The van der Waals surface area contributed by atoms with Crippen LogP contribution in [-0.4, -0.2) is 34.9 Å². The number of nitrogens with one attached hydrogen (secondary N) is 1. The van der Waals surface area contributed by atoms with Crippen molar-refractivity contribution in [3.8, 4) is 5.75 Å². The van der Waals surface area contributed by atoms with Crippen LogP contribution in [0, 0.1) is 0 Å². The molecular formula is C15H17BF2N2O3. The standard InChI is InChI=1S/C15H17BF2N2O3/c17-15(18)23-9-4-5-10-12(6-9)20(8-2-1-3-8)14(16(21)22)13(10)11-7-19-11/h4-6,8,11,15,19,21-22H,1-3,7H2. The summed E-state index contributed by atoms with van der Waals surface area (Å²) >= 11 is 0. The molecule has 1 saturated carbocycles. The summed E-state index contributed by atoms with van der Waals surface area (Å²) in [4.78, 5) is 0. The summed E-state index contributed by atoms with van der Waals surface area (Å²) in [5.41, 5.74) is 2.04. The number of nitrogens with zero attached hydrogens (tertiary/aromatic N) is 1. The summed E-state index contributed by atoms with van der Waals surface area (Å²) in [6.07, 6.45) is 2.97. The third-order valence-electron chi connectivity index (χ3n) is 4.72. The average Bonchev–Trinajstić information content (AvgIpc) is 3.20. The maximum atomic E-state index is 12.5. The summed E-state index contributed by atoms with van der Waals surface area (Å²) in [5, 5.41) is 23.8. The smallest absolute Gasteiger partial charge is 0.435 e. The van der Waals surface area contributed by atoms with Crippen molar-refractivity contribution in [2.45, 2.75) is 38.0 Å². The monoisotopic (exact) mass is 322 g/mol. The van der Waals surface area contributed by atoms with Crippen molar-refractivity contribution in [3.05, 3.63) is 23.8 Å². The first kappa shape index (κ1) is 14.9. The highest BCUT2D eigenvalue weighted by atomic mass is 19.3. The predicted molar refractivity (Wildman–Crippen MR) is 82.0 cm³/mol. The first-order chi connectivity index (χ1) is 11.1. The van der Waals surface area contributed by atoms with Gasteiger partial charge in [-0.15, -0.1) is 0 Å². The van der Waals surface area contributed by atoms with Gasteiger partial charge in [-0.25, -0.2) is 0 Å². The molecule has 122 valence electrons. The van der Waals surface area contributed by atoms with Gasteiger partial charge in [-0.3, -0.25) is 0 Å². The van der Waals surface area contributed by atoms with Gasteiger partial charge in [0.1, 0.15) is 5.75 Å². The van der Waals surface area contributed by atoms with Crippen molar-refractivity contribution >= 4 is 23.6 Å². The summed E-state index contributed by atoms with van der Waals surface area (Å²) < 4.78 is 31.4. The van der Waals surface area contributed by atoms with Crippen LogP contribution >= 0.6 is 0 Å². The van der Waals surface area contributed by atoms with Crippen LogP contribution in [0.2, 0.25) is 0 Å². The molecule has 5 nitrogen and oxygen atoms in total. The minimum absolute atomic E-state index is 0.0810. The van der Waals surface area contributed by atoms with E-state index in [0.717, 1.165) is 42.3 Å². The molecule has 4 rings (SSSR count). The number of benzene rings is 1. The Kier molecular flexibility index (Phi) is 3.55. The van der Waals surface area contributed by atoms with E-state index in [-0.39, 0.29) is 17.8 Å². The molecule has 1 aromatic carbocycles. The molecule has 1 aliphatic heterocycles. The molecule has 2 aromatic rings. The zero-order valence-corrected chi connectivity index (χ0v) is 12.4. The molecule has 0 spiro atoms. The zero-order valence-electron chi connectivity index (χ0n) is 12.4. The maximum Gasteiger partial charge on any atom is 0.506 e. The second-order valence-electron chi connectivity index (χ2n) is 6.15. The number of ether oxygens (including phenoxy) is 1. The molecule has 2 aliphatic rings. The van der Waals surface area contributed by atoms with E-state index in [9.17, 15) is 18.8 Å². The topological polar surface area (TPSA) is 76.6 Å². The van der Waals surface area contributed by atoms with Gasteiger partial charge in [-0.1, -0.05) is 0 Å². The first-order valence-electron chi connectivity index (χ1n) is 7.78. The predicted octanol–water partition coefficient (Wildman–Crippen LogP) is 1.29. The van der Waals surface area contributed by atoms with Gasteiger partial charge in [0.25, 0.3) is 0 Å². The van der Waals surface area contributed by atoms with E-state index in [1.807, 2.05) is 4.57 Å². The van der Waals surface area contributed by atoms with Crippen LogP contribution in [0.15, 0.2) is 18.2 Å². The Morgan fingerprint density at radius 2 is 2.04 bits per heavy atom. The molecule has 2 heterocycles. The minimum Gasteiger partial charge on any atom is -0.435 e. The molecule has 8 heteroatoms. The molecule has 0 amide bonds. The fourth-order valence-electron chi connectivity index (χ4n) is 3.44. The number of aromatic nitrogens is 1. The molecule has 0 radical (unpaired) electrons. The van der Waals surface area contributed by atoms with E-state index in [2.05, 4.69) is 10.1 Å². The van der Waals surface area contributed by atoms with Crippen LogP contribution in [0.1, 0.15) is 36.9 Å². The fourth-order valence-corrected chi connectivity index (χ4v) is 3.44. The van der Waals surface area contributed by atoms with Gasteiger partial charge >= 0.3 is 13.7 Å². The SMILES string of the molecule is OB(O)c1c(C2CN2)c2ccc(OC(F)F)cc2n1C1CCC1. The maximum absolute atomic E-state index is 12.5. The molecular weight excluding hydrogens is 305 g/mol. The molecule has 1 aromatic heterocycles. The minimum atomic E-state index is -2.88. The van der Waals surface area contributed by atoms with E-state index in [4.69, 9.17) is 0 Å². The second-order valence-corrected chi connectivity index (χ2v) is 6.15. The summed E-state index contributed by atoms with van der Waals surface area (Å²) in [7, 11) is -1.60. The van der Waals surface area contributed by atoms with Gasteiger partial charge in [-0.05, 0) is 37.0 Å². The van der Waals surface area contributed by atoms with Gasteiger partial charge in [0.05, 0.1) is 11.1 Å². The Morgan fingerprint density at radius 1 is 1.30 bits per heavy atom. The van der Waals surface area contributed by atoms with Gasteiger partial charge in [0.15, 0.2) is 0 Å². The Balaban J connectivity index is 1.93. The summed E-state index contributed by atoms with van der Waals surface area (Å²) in [6, 6.07) is 5.04. The molecule has 23 heavy (non-hydrogen) atoms. The van der Waals surface area contributed by atoms with Gasteiger partial charge in [0, 0.05) is 30.1 Å². The Labute approximate surface area is 132 Å². The summed E-state index contributed by atoms with van der Waals surface area (Å²) in [5.74, 6) is 0.0832. The number of hydrogen-bond acceptors (Lipinski definition) is 4. The molecule has 1 atom stereocenters. The highest BCUT2D eigenvalue weighted by Gasteiger charge is 2.37. The molecule has 1 aliphatic carbocycles. The first-order valence-corrected chi connectivity index (χ1v) is 7.78. The third-order valence-corrected chi connectivity index (χ3v) is 4.72. The van der Waals surface area contributed by atoms with E-state index < -0.39 is 13.7 Å². The largest absolute Gasteiger partial charge is 0.506 e. The van der Waals surface area contributed by atoms with Crippen LogP contribution < -0.4 is 15.6 Å². The average molecular weight is 322 g/mol. The number of rotatable bonds is 5. The van der Waals surface area contributed by atoms with Crippen LogP contribution in [0.4, 0.5) is 8.78 Å². The third kappa shape index (κ3) is 2.50. The normalized spacial score (nSPS) is 20.8. The van der Waals surface area contributed by atoms with Crippen molar-refractivity contribution in [1.29, 1.82) is 0 Å². The van der Waals surface area contributed by atoms with Gasteiger partial charge in [0.2, 0.25) is 0 Å².